The molecule has 1 aliphatic carbocycles. The van der Waals surface area contributed by atoms with Gasteiger partial charge in [0.1, 0.15) is 0 Å². The Morgan fingerprint density at radius 1 is 1.42 bits per heavy atom. The van der Waals surface area contributed by atoms with Gasteiger partial charge in [-0.1, -0.05) is 20.8 Å². The monoisotopic (exact) mass is 169 g/mol. The molecule has 1 heteroatoms. The van der Waals surface area contributed by atoms with Crippen LogP contribution in [0.5, 0.6) is 0 Å². The molecule has 3 atom stereocenters. The van der Waals surface area contributed by atoms with E-state index >= 15 is 0 Å². The molecule has 1 saturated carbocycles. The fourth-order valence-electron chi connectivity index (χ4n) is 2.76. The number of hydrogen-bond donors (Lipinski definition) is 1. The fraction of sp³-hybridized carbons (Fsp3) is 1.00. The van der Waals surface area contributed by atoms with Crippen molar-refractivity contribution in [3.8, 4) is 0 Å². The van der Waals surface area contributed by atoms with Gasteiger partial charge in [-0.05, 0) is 43.9 Å². The van der Waals surface area contributed by atoms with Crippen LogP contribution in [0.3, 0.4) is 0 Å². The van der Waals surface area contributed by atoms with E-state index in [1.54, 1.807) is 0 Å². The summed E-state index contributed by atoms with van der Waals surface area (Å²) in [5.41, 5.74) is 6.25. The van der Waals surface area contributed by atoms with E-state index in [2.05, 4.69) is 27.7 Å². The number of rotatable bonds is 1. The van der Waals surface area contributed by atoms with Gasteiger partial charge in [0.15, 0.2) is 0 Å². The van der Waals surface area contributed by atoms with Gasteiger partial charge in [-0.2, -0.15) is 0 Å². The van der Waals surface area contributed by atoms with Crippen LogP contribution in [-0.2, 0) is 0 Å². The van der Waals surface area contributed by atoms with Crippen molar-refractivity contribution in [2.75, 3.05) is 0 Å². The molecular weight excluding hydrogens is 146 g/mol. The van der Waals surface area contributed by atoms with Gasteiger partial charge in [-0.15, -0.1) is 0 Å². The smallest absolute Gasteiger partial charge is 0.0128 e. The summed E-state index contributed by atoms with van der Waals surface area (Å²) in [4.78, 5) is 0. The lowest BCUT2D eigenvalue weighted by Crippen LogP contribution is -2.44. The molecule has 0 spiro atoms. The highest BCUT2D eigenvalue weighted by atomic mass is 14.7. The molecule has 0 aromatic carbocycles. The minimum absolute atomic E-state index is 0.116. The van der Waals surface area contributed by atoms with Crippen LogP contribution in [0.4, 0.5) is 0 Å². The van der Waals surface area contributed by atoms with E-state index in [1.807, 2.05) is 0 Å². The molecule has 0 aromatic heterocycles. The number of nitrogens with two attached hydrogens (primary N) is 1. The number of hydrogen-bond acceptors (Lipinski definition) is 1. The van der Waals surface area contributed by atoms with Crippen LogP contribution in [0.15, 0.2) is 0 Å². The summed E-state index contributed by atoms with van der Waals surface area (Å²) in [7, 11) is 0. The summed E-state index contributed by atoms with van der Waals surface area (Å²) in [6.45, 7) is 9.22. The van der Waals surface area contributed by atoms with Crippen molar-refractivity contribution in [1.29, 1.82) is 0 Å². The molecule has 0 heterocycles. The molecule has 0 radical (unpaired) electrons. The maximum Gasteiger partial charge on any atom is 0.0128 e. The summed E-state index contributed by atoms with van der Waals surface area (Å²) in [6, 6.07) is 0. The van der Waals surface area contributed by atoms with Crippen molar-refractivity contribution in [1.82, 2.24) is 0 Å². The quantitative estimate of drug-likeness (QED) is 0.642. The van der Waals surface area contributed by atoms with Gasteiger partial charge >= 0.3 is 0 Å². The lowest BCUT2D eigenvalue weighted by atomic mass is 9.68. The molecule has 0 aliphatic heterocycles. The van der Waals surface area contributed by atoms with Crippen molar-refractivity contribution in [3.63, 3.8) is 0 Å². The topological polar surface area (TPSA) is 26.0 Å². The van der Waals surface area contributed by atoms with Gasteiger partial charge in [0.05, 0.1) is 0 Å². The van der Waals surface area contributed by atoms with Crippen LogP contribution < -0.4 is 5.73 Å². The van der Waals surface area contributed by atoms with E-state index in [4.69, 9.17) is 5.73 Å². The van der Waals surface area contributed by atoms with Gasteiger partial charge in [0.25, 0.3) is 0 Å². The Hall–Kier alpha value is -0.0400. The van der Waals surface area contributed by atoms with Crippen LogP contribution in [0, 0.1) is 17.8 Å². The summed E-state index contributed by atoms with van der Waals surface area (Å²) in [5.74, 6) is 2.55. The van der Waals surface area contributed by atoms with E-state index in [-0.39, 0.29) is 5.54 Å². The second-order valence-electron chi connectivity index (χ2n) is 5.28. The zero-order valence-electron chi connectivity index (χ0n) is 8.93. The van der Waals surface area contributed by atoms with Crippen molar-refractivity contribution >= 4 is 0 Å². The lowest BCUT2D eigenvalue weighted by molar-refractivity contribution is 0.138. The Morgan fingerprint density at radius 2 is 2.00 bits per heavy atom. The summed E-state index contributed by atoms with van der Waals surface area (Å²) >= 11 is 0. The molecule has 0 aromatic rings. The molecule has 1 rings (SSSR count). The summed E-state index contributed by atoms with van der Waals surface area (Å²) < 4.78 is 0. The lowest BCUT2D eigenvalue weighted by Gasteiger charge is -2.40. The Labute approximate surface area is 76.7 Å². The molecule has 72 valence electrons. The Bertz CT molecular complexity index is 149. The second kappa shape index (κ2) is 3.37. The largest absolute Gasteiger partial charge is 0.325 e. The molecule has 1 aliphatic rings. The highest BCUT2D eigenvalue weighted by molar-refractivity contribution is 4.89. The van der Waals surface area contributed by atoms with Crippen LogP contribution in [0.1, 0.15) is 47.0 Å². The first-order chi connectivity index (χ1) is 5.42. The maximum absolute atomic E-state index is 6.13. The molecule has 12 heavy (non-hydrogen) atoms. The molecular formula is C11H23N. The predicted octanol–water partition coefficient (Wildman–Crippen LogP) is 2.80. The van der Waals surface area contributed by atoms with Crippen molar-refractivity contribution in [3.05, 3.63) is 0 Å². The molecule has 2 N–H and O–H groups in total. The van der Waals surface area contributed by atoms with Crippen molar-refractivity contribution < 1.29 is 0 Å². The average Bonchev–Trinajstić information content (AvgIpc) is 1.83. The molecule has 0 amide bonds. The second-order valence-corrected chi connectivity index (χ2v) is 5.28. The van der Waals surface area contributed by atoms with Crippen LogP contribution in [0.2, 0.25) is 0 Å². The predicted molar refractivity (Wildman–Crippen MR) is 53.9 cm³/mol. The first kappa shape index (κ1) is 10.0. The van der Waals surface area contributed by atoms with Gasteiger partial charge in [0, 0.05) is 5.54 Å². The first-order valence-corrected chi connectivity index (χ1v) is 5.21. The zero-order valence-corrected chi connectivity index (χ0v) is 8.93. The highest BCUT2D eigenvalue weighted by Crippen LogP contribution is 2.38. The molecule has 0 bridgehead atoms. The molecule has 1 nitrogen and oxygen atoms in total. The fourth-order valence-corrected chi connectivity index (χ4v) is 2.76. The molecule has 1 unspecified atom stereocenters. The standard InChI is InChI=1S/C11H23N/c1-8(2)10-5-6-11(4,12)7-9(10)3/h8-10H,5-7,12H2,1-4H3/t9-,10+,11?/m1/s1. The zero-order chi connectivity index (χ0) is 9.35. The third kappa shape index (κ3) is 2.22. The first-order valence-electron chi connectivity index (χ1n) is 5.21. The van der Waals surface area contributed by atoms with E-state index in [0.717, 1.165) is 17.8 Å². The van der Waals surface area contributed by atoms with Gasteiger partial charge in [0.2, 0.25) is 0 Å². The third-order valence-electron chi connectivity index (χ3n) is 3.42. The summed E-state index contributed by atoms with van der Waals surface area (Å²) in [6.07, 6.45) is 3.74. The highest BCUT2D eigenvalue weighted by Gasteiger charge is 2.33. The van der Waals surface area contributed by atoms with E-state index < -0.39 is 0 Å². The van der Waals surface area contributed by atoms with Gasteiger partial charge in [-0.25, -0.2) is 0 Å². The van der Waals surface area contributed by atoms with Gasteiger partial charge in [-0.3, -0.25) is 0 Å². The van der Waals surface area contributed by atoms with Crippen LogP contribution >= 0.6 is 0 Å². The van der Waals surface area contributed by atoms with Crippen LogP contribution in [-0.4, -0.2) is 5.54 Å². The minimum Gasteiger partial charge on any atom is -0.325 e. The third-order valence-corrected chi connectivity index (χ3v) is 3.42. The maximum atomic E-state index is 6.13. The van der Waals surface area contributed by atoms with E-state index in [0.29, 0.717) is 0 Å². The summed E-state index contributed by atoms with van der Waals surface area (Å²) in [5, 5.41) is 0. The van der Waals surface area contributed by atoms with Crippen molar-refractivity contribution in [2.45, 2.75) is 52.5 Å². The average molecular weight is 169 g/mol. The van der Waals surface area contributed by atoms with Gasteiger partial charge < -0.3 is 5.73 Å². The molecule has 0 saturated heterocycles. The van der Waals surface area contributed by atoms with Crippen LogP contribution in [0.25, 0.3) is 0 Å². The SMILES string of the molecule is CC(C)[C@@H]1CCC(C)(N)C[C@H]1C. The Kier molecular flexibility index (Phi) is 2.82. The Morgan fingerprint density at radius 3 is 2.42 bits per heavy atom. The Balaban J connectivity index is 2.54. The van der Waals surface area contributed by atoms with E-state index in [9.17, 15) is 0 Å². The minimum atomic E-state index is 0.116. The van der Waals surface area contributed by atoms with E-state index in [1.165, 1.54) is 19.3 Å². The normalized spacial score (nSPS) is 43.5. The van der Waals surface area contributed by atoms with Crippen molar-refractivity contribution in [2.24, 2.45) is 23.5 Å². The molecule has 1 fully saturated rings.